The van der Waals surface area contributed by atoms with Crippen LogP contribution in [-0.4, -0.2) is 40.5 Å². The van der Waals surface area contributed by atoms with Crippen molar-refractivity contribution in [3.8, 4) is 0 Å². The van der Waals surface area contributed by atoms with Crippen LogP contribution < -0.4 is 10.9 Å². The number of benzene rings is 1. The quantitative estimate of drug-likeness (QED) is 0.453. The van der Waals surface area contributed by atoms with Crippen molar-refractivity contribution in [3.05, 3.63) is 46.4 Å². The number of hydrogen-bond donors (Lipinski definition) is 1. The predicted molar refractivity (Wildman–Crippen MR) is 116 cm³/mol. The molecule has 186 valence electrons. The molecule has 0 aliphatic carbocycles. The zero-order chi connectivity index (χ0) is 25.8. The van der Waals surface area contributed by atoms with Crippen LogP contribution in [0, 0.1) is 0 Å². The van der Waals surface area contributed by atoms with Crippen LogP contribution in [0.15, 0.2) is 35.3 Å². The van der Waals surface area contributed by atoms with E-state index in [0.717, 1.165) is 22.8 Å². The van der Waals surface area contributed by atoms with E-state index in [0.29, 0.717) is 0 Å². The first-order chi connectivity index (χ1) is 15.7. The fourth-order valence-electron chi connectivity index (χ4n) is 3.35. The smallest absolute Gasteiger partial charge is 0.416 e. The number of ether oxygens (including phenoxy) is 1. The fraction of sp³-hybridized carbons (Fsp3) is 0.478. The van der Waals surface area contributed by atoms with E-state index in [-0.39, 0.29) is 17.2 Å². The molecule has 11 heteroatoms. The van der Waals surface area contributed by atoms with Crippen molar-refractivity contribution in [2.24, 2.45) is 0 Å². The van der Waals surface area contributed by atoms with Gasteiger partial charge in [0.15, 0.2) is 5.78 Å². The number of rotatable bonds is 8. The van der Waals surface area contributed by atoms with E-state index in [1.807, 2.05) is 0 Å². The molecule has 2 rings (SSSR count). The molecule has 1 aromatic carbocycles. The Morgan fingerprint density at radius 1 is 1.12 bits per heavy atom. The lowest BCUT2D eigenvalue weighted by Gasteiger charge is -2.24. The Bertz CT molecular complexity index is 1130. The van der Waals surface area contributed by atoms with Gasteiger partial charge in [0.1, 0.15) is 24.4 Å². The van der Waals surface area contributed by atoms with Crippen molar-refractivity contribution in [2.75, 3.05) is 6.67 Å². The van der Waals surface area contributed by atoms with Gasteiger partial charge in [-0.1, -0.05) is 6.92 Å². The summed E-state index contributed by atoms with van der Waals surface area (Å²) in [6.45, 7) is 4.96. The Balaban J connectivity index is 2.34. The van der Waals surface area contributed by atoms with Crippen LogP contribution in [0.3, 0.4) is 0 Å². The molecule has 0 saturated heterocycles. The second kappa shape index (κ2) is 10.4. The highest BCUT2D eigenvalue weighted by Gasteiger charge is 2.32. The maximum absolute atomic E-state index is 13.0. The second-order valence-corrected chi connectivity index (χ2v) is 8.70. The number of carbonyl (C=O) groups is 3. The van der Waals surface area contributed by atoms with E-state index in [1.165, 1.54) is 12.3 Å². The number of fused-ring (bicyclic) bond motifs is 1. The summed E-state index contributed by atoms with van der Waals surface area (Å²) >= 11 is 0. The normalized spacial score (nSPS) is 13.9. The number of esters is 1. The van der Waals surface area contributed by atoms with Gasteiger partial charge >= 0.3 is 12.1 Å². The molecule has 0 saturated carbocycles. The summed E-state index contributed by atoms with van der Waals surface area (Å²) in [5, 5.41) is 2.31. The zero-order valence-electron chi connectivity index (χ0n) is 19.2. The van der Waals surface area contributed by atoms with Gasteiger partial charge in [-0.2, -0.15) is 13.2 Å². The Labute approximate surface area is 193 Å². The van der Waals surface area contributed by atoms with Crippen LogP contribution in [0.5, 0.6) is 0 Å². The lowest BCUT2D eigenvalue weighted by Crippen LogP contribution is -2.47. The van der Waals surface area contributed by atoms with Crippen molar-refractivity contribution in [2.45, 2.75) is 64.4 Å². The average molecular weight is 486 g/mol. The molecule has 34 heavy (non-hydrogen) atoms. The Kier molecular flexibility index (Phi) is 8.22. The summed E-state index contributed by atoms with van der Waals surface area (Å²) in [5.74, 6) is -2.69. The van der Waals surface area contributed by atoms with Crippen molar-refractivity contribution >= 4 is 28.4 Å². The van der Waals surface area contributed by atoms with Gasteiger partial charge in [-0.15, -0.1) is 0 Å². The van der Waals surface area contributed by atoms with Crippen molar-refractivity contribution < 1.29 is 36.7 Å². The lowest BCUT2D eigenvalue weighted by atomic mass is 10.1. The first kappa shape index (κ1) is 27.0. The molecule has 1 N–H and O–H groups in total. The molecule has 0 spiro atoms. The average Bonchev–Trinajstić information content (AvgIpc) is 2.72. The minimum Gasteiger partial charge on any atom is -0.460 e. The molecule has 0 radical (unpaired) electrons. The van der Waals surface area contributed by atoms with Gasteiger partial charge in [0.2, 0.25) is 5.91 Å². The number of pyridine rings is 1. The number of alkyl halides is 4. The number of nitrogens with one attached hydrogen (secondary N) is 1. The third-order valence-electron chi connectivity index (χ3n) is 4.91. The molecule has 0 aliphatic heterocycles. The maximum Gasteiger partial charge on any atom is 0.416 e. The number of ketones is 1. The third-order valence-corrected chi connectivity index (χ3v) is 4.91. The summed E-state index contributed by atoms with van der Waals surface area (Å²) in [6, 6.07) is 1.23. The monoisotopic (exact) mass is 486 g/mol. The molecule has 1 heterocycles. The van der Waals surface area contributed by atoms with Gasteiger partial charge in [0.05, 0.1) is 12.0 Å². The Hall–Kier alpha value is -3.24. The van der Waals surface area contributed by atoms with Crippen LogP contribution in [0.1, 0.15) is 52.1 Å². The van der Waals surface area contributed by atoms with Crippen molar-refractivity contribution in [1.82, 2.24) is 9.88 Å². The van der Waals surface area contributed by atoms with Crippen LogP contribution in [-0.2, 0) is 25.3 Å². The van der Waals surface area contributed by atoms with E-state index in [9.17, 15) is 36.7 Å². The number of amides is 1. The molecule has 7 nitrogen and oxygen atoms in total. The molecule has 1 amide bonds. The molecule has 2 aromatic rings. The van der Waals surface area contributed by atoms with Crippen LogP contribution in [0.25, 0.3) is 10.8 Å². The molecular weight excluding hydrogens is 460 g/mol. The molecule has 2 atom stereocenters. The van der Waals surface area contributed by atoms with E-state index in [2.05, 4.69) is 5.32 Å². The van der Waals surface area contributed by atoms with Gasteiger partial charge in [-0.25, -0.2) is 4.39 Å². The van der Waals surface area contributed by atoms with Gasteiger partial charge < -0.3 is 14.6 Å². The zero-order valence-corrected chi connectivity index (χ0v) is 19.2. The highest BCUT2D eigenvalue weighted by atomic mass is 19.4. The standard InChI is InChI=1S/C23H26F4N2O5/c1-5-17(20(32)28-16(18(30)12-24)11-19(31)34-22(2,3)4)29-9-8-13-10-14(23(25,26)27)6-7-15(13)21(29)33/h6-10,16-17H,5,11-12H2,1-4H3,(H,28,32)/t16-,17?/m0/s1. The minimum atomic E-state index is -4.58. The summed E-state index contributed by atoms with van der Waals surface area (Å²) in [5.41, 5.74) is -2.49. The number of Topliss-reactive ketones (excluding diaryl/α,β-unsaturated/α-hetero) is 1. The summed E-state index contributed by atoms with van der Waals surface area (Å²) in [4.78, 5) is 49.9. The molecule has 1 unspecified atom stereocenters. The summed E-state index contributed by atoms with van der Waals surface area (Å²) in [7, 11) is 0. The number of hydrogen-bond acceptors (Lipinski definition) is 5. The molecule has 0 fully saturated rings. The van der Waals surface area contributed by atoms with Crippen LogP contribution in [0.4, 0.5) is 17.6 Å². The van der Waals surface area contributed by atoms with Crippen molar-refractivity contribution in [3.63, 3.8) is 0 Å². The molecule has 0 aliphatic rings. The SMILES string of the molecule is CCC(C(=O)N[C@@H](CC(=O)OC(C)(C)C)C(=O)CF)n1ccc2cc(C(F)(F)F)ccc2c1=O. The molecule has 0 bridgehead atoms. The van der Waals surface area contributed by atoms with Gasteiger partial charge in [0.25, 0.3) is 5.56 Å². The topological polar surface area (TPSA) is 94.5 Å². The minimum absolute atomic E-state index is 0.0353. The number of halogens is 4. The number of carbonyl (C=O) groups excluding carboxylic acids is 3. The lowest BCUT2D eigenvalue weighted by molar-refractivity contribution is -0.156. The van der Waals surface area contributed by atoms with Gasteiger partial charge in [0, 0.05) is 11.6 Å². The Morgan fingerprint density at radius 2 is 1.76 bits per heavy atom. The largest absolute Gasteiger partial charge is 0.460 e. The van der Waals surface area contributed by atoms with Crippen molar-refractivity contribution in [1.29, 1.82) is 0 Å². The molecule has 1 aromatic heterocycles. The first-order valence-electron chi connectivity index (χ1n) is 10.5. The number of aromatic nitrogens is 1. The van der Waals surface area contributed by atoms with E-state index in [4.69, 9.17) is 4.74 Å². The first-order valence-corrected chi connectivity index (χ1v) is 10.5. The van der Waals surface area contributed by atoms with Crippen LogP contribution in [0.2, 0.25) is 0 Å². The third kappa shape index (κ3) is 6.64. The van der Waals surface area contributed by atoms with E-state index in [1.54, 1.807) is 27.7 Å². The highest BCUT2D eigenvalue weighted by Crippen LogP contribution is 2.31. The van der Waals surface area contributed by atoms with Gasteiger partial charge in [-0.3, -0.25) is 19.2 Å². The van der Waals surface area contributed by atoms with E-state index >= 15 is 0 Å². The second-order valence-electron chi connectivity index (χ2n) is 8.70. The maximum atomic E-state index is 13.0. The van der Waals surface area contributed by atoms with Gasteiger partial charge in [-0.05, 0) is 56.8 Å². The number of nitrogens with zero attached hydrogens (tertiary/aromatic N) is 1. The predicted octanol–water partition coefficient (Wildman–Crippen LogP) is 3.73. The molecular formula is C23H26F4N2O5. The Morgan fingerprint density at radius 3 is 2.29 bits per heavy atom. The summed E-state index contributed by atoms with van der Waals surface area (Å²) < 4.78 is 58.1. The highest BCUT2D eigenvalue weighted by molar-refractivity contribution is 5.94. The summed E-state index contributed by atoms with van der Waals surface area (Å²) in [6.07, 6.45) is -3.94. The fourth-order valence-corrected chi connectivity index (χ4v) is 3.35. The van der Waals surface area contributed by atoms with Crippen LogP contribution >= 0.6 is 0 Å². The van der Waals surface area contributed by atoms with E-state index < -0.39 is 65.7 Å².